The van der Waals surface area contributed by atoms with E-state index in [2.05, 4.69) is 0 Å². The first kappa shape index (κ1) is 20.0. The van der Waals surface area contributed by atoms with E-state index in [-0.39, 0.29) is 29.7 Å². The van der Waals surface area contributed by atoms with Crippen molar-refractivity contribution in [3.05, 3.63) is 46.5 Å². The topological polar surface area (TPSA) is 138 Å². The van der Waals surface area contributed by atoms with Gasteiger partial charge in [-0.15, -0.1) is 0 Å². The van der Waals surface area contributed by atoms with Crippen LogP contribution in [0.25, 0.3) is 0 Å². The van der Waals surface area contributed by atoms with Crippen LogP contribution >= 0.6 is 0 Å². The number of hydrogen-bond acceptors (Lipinski definition) is 5. The number of hydrazine groups is 1. The van der Waals surface area contributed by atoms with E-state index < -0.39 is 23.8 Å². The molecule has 0 aromatic heterocycles. The number of hydrogen-bond donors (Lipinski definition) is 3. The molecule has 1 amide bonds. The summed E-state index contributed by atoms with van der Waals surface area (Å²) in [5.41, 5.74) is 0.401. The van der Waals surface area contributed by atoms with Gasteiger partial charge in [0, 0.05) is 12.0 Å². The third kappa shape index (κ3) is 5.25. The molecular formula is C17H20N2O6. The van der Waals surface area contributed by atoms with Crippen LogP contribution in [0, 0.1) is 5.92 Å². The quantitative estimate of drug-likeness (QED) is 0.208. The van der Waals surface area contributed by atoms with E-state index in [4.69, 9.17) is 5.84 Å². The standard InChI is InChI=1S/C17H20N2O6/c1-10(2)14(17(24)25)13(16(22)23)9-11-3-5-12(6-4-11)15(21)19(18)7-8-20/h3-6,8,10H,7,9,18H2,1-2H3,(H,22,23)(H,24,25). The van der Waals surface area contributed by atoms with Crippen molar-refractivity contribution in [2.24, 2.45) is 11.8 Å². The molecule has 0 aliphatic rings. The molecule has 8 nitrogen and oxygen atoms in total. The van der Waals surface area contributed by atoms with Crippen LogP contribution in [-0.2, 0) is 20.8 Å². The Balaban J connectivity index is 3.11. The van der Waals surface area contributed by atoms with E-state index in [0.29, 0.717) is 11.8 Å². The number of amides is 1. The zero-order chi connectivity index (χ0) is 19.1. The maximum atomic E-state index is 11.9. The van der Waals surface area contributed by atoms with Crippen LogP contribution < -0.4 is 5.84 Å². The first-order chi connectivity index (χ1) is 11.7. The summed E-state index contributed by atoms with van der Waals surface area (Å²) in [4.78, 5) is 45.1. The summed E-state index contributed by atoms with van der Waals surface area (Å²) in [5, 5.41) is 19.4. The van der Waals surface area contributed by atoms with Gasteiger partial charge in [0.05, 0.1) is 17.7 Å². The predicted molar refractivity (Wildman–Crippen MR) is 88.6 cm³/mol. The second kappa shape index (κ2) is 8.74. The maximum Gasteiger partial charge on any atom is 0.332 e. The van der Waals surface area contributed by atoms with Gasteiger partial charge in [0.1, 0.15) is 6.29 Å². The van der Waals surface area contributed by atoms with Crippen LogP contribution in [0.5, 0.6) is 0 Å². The van der Waals surface area contributed by atoms with Gasteiger partial charge in [0.2, 0.25) is 0 Å². The van der Waals surface area contributed by atoms with Crippen molar-refractivity contribution in [1.82, 2.24) is 5.01 Å². The first-order valence-electron chi connectivity index (χ1n) is 7.47. The van der Waals surface area contributed by atoms with Crippen LogP contribution in [0.1, 0.15) is 29.8 Å². The number of aliphatic carboxylic acids is 2. The summed E-state index contributed by atoms with van der Waals surface area (Å²) in [6, 6.07) is 5.92. The number of carbonyl (C=O) groups is 4. The summed E-state index contributed by atoms with van der Waals surface area (Å²) in [6.45, 7) is 2.97. The Morgan fingerprint density at radius 2 is 1.68 bits per heavy atom. The molecule has 134 valence electrons. The highest BCUT2D eigenvalue weighted by atomic mass is 16.4. The lowest BCUT2D eigenvalue weighted by molar-refractivity contribution is -0.136. The molecule has 1 aromatic rings. The summed E-state index contributed by atoms with van der Waals surface area (Å²) < 4.78 is 0. The van der Waals surface area contributed by atoms with Gasteiger partial charge in [-0.3, -0.25) is 9.80 Å². The SMILES string of the molecule is CC(C)C(C(=O)O)=C(Cc1ccc(C(=O)N(N)CC=O)cc1)C(=O)O. The molecule has 0 saturated carbocycles. The molecule has 4 N–H and O–H groups in total. The van der Waals surface area contributed by atoms with Gasteiger partial charge in [0.25, 0.3) is 5.91 Å². The molecule has 0 bridgehead atoms. The molecular weight excluding hydrogens is 328 g/mol. The molecule has 1 aromatic carbocycles. The smallest absolute Gasteiger partial charge is 0.332 e. The van der Waals surface area contributed by atoms with E-state index in [1.54, 1.807) is 13.8 Å². The number of aldehydes is 1. The number of nitrogens with zero attached hydrogens (tertiary/aromatic N) is 1. The summed E-state index contributed by atoms with van der Waals surface area (Å²) in [6.07, 6.45) is 0.403. The zero-order valence-electron chi connectivity index (χ0n) is 13.9. The predicted octanol–water partition coefficient (Wildman–Crippen LogP) is 0.866. The molecule has 0 heterocycles. The highest BCUT2D eigenvalue weighted by Gasteiger charge is 2.23. The number of carboxylic acid groups (broad SMARTS) is 2. The van der Waals surface area contributed by atoms with E-state index in [1.807, 2.05) is 0 Å². The number of nitrogens with two attached hydrogens (primary N) is 1. The van der Waals surface area contributed by atoms with Crippen LogP contribution in [0.3, 0.4) is 0 Å². The number of rotatable bonds is 8. The van der Waals surface area contributed by atoms with Gasteiger partial charge < -0.3 is 15.0 Å². The Kier molecular flexibility index (Phi) is 7.01. The van der Waals surface area contributed by atoms with Crippen molar-refractivity contribution in [2.45, 2.75) is 20.3 Å². The maximum absolute atomic E-state index is 11.9. The molecule has 0 radical (unpaired) electrons. The monoisotopic (exact) mass is 348 g/mol. The average Bonchev–Trinajstić information content (AvgIpc) is 2.53. The molecule has 0 atom stereocenters. The van der Waals surface area contributed by atoms with E-state index in [9.17, 15) is 29.4 Å². The van der Waals surface area contributed by atoms with Crippen molar-refractivity contribution >= 4 is 24.1 Å². The van der Waals surface area contributed by atoms with E-state index in [0.717, 1.165) is 5.01 Å². The highest BCUT2D eigenvalue weighted by molar-refractivity contribution is 5.99. The lowest BCUT2D eigenvalue weighted by Gasteiger charge is -2.14. The minimum Gasteiger partial charge on any atom is -0.478 e. The van der Waals surface area contributed by atoms with Crippen molar-refractivity contribution in [2.75, 3.05) is 6.54 Å². The normalized spacial score (nSPS) is 11.7. The summed E-state index contributed by atoms with van der Waals surface area (Å²) >= 11 is 0. The van der Waals surface area contributed by atoms with Crippen molar-refractivity contribution in [3.8, 4) is 0 Å². The fourth-order valence-electron chi connectivity index (χ4n) is 2.31. The zero-order valence-corrected chi connectivity index (χ0v) is 13.9. The first-order valence-corrected chi connectivity index (χ1v) is 7.47. The Morgan fingerprint density at radius 1 is 1.12 bits per heavy atom. The Labute approximate surface area is 144 Å². The molecule has 0 aliphatic heterocycles. The average molecular weight is 348 g/mol. The lowest BCUT2D eigenvalue weighted by atomic mass is 9.92. The van der Waals surface area contributed by atoms with Gasteiger partial charge >= 0.3 is 11.9 Å². The molecule has 0 spiro atoms. The number of carboxylic acids is 2. The minimum atomic E-state index is -1.30. The van der Waals surface area contributed by atoms with E-state index >= 15 is 0 Å². The van der Waals surface area contributed by atoms with Crippen molar-refractivity contribution in [3.63, 3.8) is 0 Å². The second-order valence-electron chi connectivity index (χ2n) is 5.66. The van der Waals surface area contributed by atoms with Gasteiger partial charge in [-0.1, -0.05) is 26.0 Å². The number of benzene rings is 1. The van der Waals surface area contributed by atoms with Crippen molar-refractivity contribution in [1.29, 1.82) is 0 Å². The molecule has 0 fully saturated rings. The van der Waals surface area contributed by atoms with Gasteiger partial charge in [-0.25, -0.2) is 15.4 Å². The number of carbonyl (C=O) groups excluding carboxylic acids is 2. The van der Waals surface area contributed by atoms with Crippen molar-refractivity contribution < 1.29 is 29.4 Å². The highest BCUT2D eigenvalue weighted by Crippen LogP contribution is 2.20. The van der Waals surface area contributed by atoms with Crippen LogP contribution in [0.4, 0.5) is 0 Å². The van der Waals surface area contributed by atoms with Gasteiger partial charge in [-0.05, 0) is 23.6 Å². The molecule has 0 saturated heterocycles. The largest absolute Gasteiger partial charge is 0.478 e. The molecule has 25 heavy (non-hydrogen) atoms. The van der Waals surface area contributed by atoms with Crippen LogP contribution in [-0.4, -0.2) is 45.9 Å². The Bertz CT molecular complexity index is 706. The van der Waals surface area contributed by atoms with Gasteiger partial charge in [0.15, 0.2) is 0 Å². The third-order valence-electron chi connectivity index (χ3n) is 3.50. The van der Waals surface area contributed by atoms with Crippen LogP contribution in [0.15, 0.2) is 35.4 Å². The summed E-state index contributed by atoms with van der Waals surface area (Å²) in [7, 11) is 0. The third-order valence-corrected chi connectivity index (χ3v) is 3.50. The molecule has 0 aliphatic carbocycles. The molecule has 8 heteroatoms. The molecule has 1 rings (SSSR count). The minimum absolute atomic E-state index is 0.0930. The molecule has 0 unspecified atom stereocenters. The fraction of sp³-hybridized carbons (Fsp3) is 0.294. The Hall–Kier alpha value is -3.00. The Morgan fingerprint density at radius 3 is 2.08 bits per heavy atom. The second-order valence-corrected chi connectivity index (χ2v) is 5.66. The van der Waals surface area contributed by atoms with E-state index in [1.165, 1.54) is 24.3 Å². The summed E-state index contributed by atoms with van der Waals surface area (Å²) in [5.74, 6) is 1.84. The van der Waals surface area contributed by atoms with Gasteiger partial charge in [-0.2, -0.15) is 0 Å². The fourth-order valence-corrected chi connectivity index (χ4v) is 2.31. The van der Waals surface area contributed by atoms with Crippen LogP contribution in [0.2, 0.25) is 0 Å². The lowest BCUT2D eigenvalue weighted by Crippen LogP contribution is -2.38.